The molecule has 2 heteroatoms. The first-order valence-electron chi connectivity index (χ1n) is 5.97. The quantitative estimate of drug-likeness (QED) is 0.680. The molecule has 0 spiro atoms. The van der Waals surface area contributed by atoms with Gasteiger partial charge >= 0.3 is 0 Å². The first kappa shape index (κ1) is 11.5. The van der Waals surface area contributed by atoms with Crippen LogP contribution in [0.4, 0.5) is 0 Å². The molecule has 88 valence electrons. The van der Waals surface area contributed by atoms with Gasteiger partial charge in [-0.2, -0.15) is 0 Å². The zero-order valence-electron chi connectivity index (χ0n) is 10.1. The minimum atomic E-state index is 0.328. The van der Waals surface area contributed by atoms with Crippen molar-refractivity contribution in [3.8, 4) is 0 Å². The number of ether oxygens (including phenoxy) is 2. The molecule has 0 amide bonds. The number of methoxy groups -OCH3 is 2. The smallest absolute Gasteiger partial charge is 0.114 e. The predicted octanol–water partition coefficient (Wildman–Crippen LogP) is 3.07. The van der Waals surface area contributed by atoms with Crippen LogP contribution in [0.25, 0.3) is 0 Å². The molecule has 2 aliphatic carbocycles. The Hall–Kier alpha value is -1.02. The third kappa shape index (κ3) is 2.56. The molecule has 0 N–H and O–H groups in total. The molecule has 2 nitrogen and oxygen atoms in total. The Balaban J connectivity index is 1.92. The molecule has 3 atom stereocenters. The van der Waals surface area contributed by atoms with E-state index in [1.165, 1.54) is 6.42 Å². The maximum atomic E-state index is 5.32. The summed E-state index contributed by atoms with van der Waals surface area (Å²) in [5.41, 5.74) is 0. The van der Waals surface area contributed by atoms with Gasteiger partial charge in [0.2, 0.25) is 0 Å². The SMILES string of the molecule is COC1=CCC(C2C=CC(OC)CC2)C=C1. The molecule has 0 saturated heterocycles. The van der Waals surface area contributed by atoms with Crippen LogP contribution in [0, 0.1) is 11.8 Å². The molecule has 0 fully saturated rings. The molecule has 16 heavy (non-hydrogen) atoms. The van der Waals surface area contributed by atoms with Gasteiger partial charge in [-0.15, -0.1) is 0 Å². The van der Waals surface area contributed by atoms with Gasteiger partial charge in [-0.1, -0.05) is 18.2 Å². The van der Waals surface area contributed by atoms with Crippen LogP contribution in [0.2, 0.25) is 0 Å². The number of hydrogen-bond acceptors (Lipinski definition) is 2. The van der Waals surface area contributed by atoms with E-state index in [-0.39, 0.29) is 0 Å². The summed E-state index contributed by atoms with van der Waals surface area (Å²) in [7, 11) is 3.50. The highest BCUT2D eigenvalue weighted by molar-refractivity contribution is 5.20. The minimum absolute atomic E-state index is 0.328. The highest BCUT2D eigenvalue weighted by Gasteiger charge is 2.22. The van der Waals surface area contributed by atoms with E-state index in [0.29, 0.717) is 17.9 Å². The predicted molar refractivity (Wildman–Crippen MR) is 65.0 cm³/mol. The highest BCUT2D eigenvalue weighted by Crippen LogP contribution is 2.31. The lowest BCUT2D eigenvalue weighted by atomic mass is 9.80. The summed E-state index contributed by atoms with van der Waals surface area (Å²) >= 11 is 0. The zero-order chi connectivity index (χ0) is 11.4. The molecule has 0 saturated carbocycles. The van der Waals surface area contributed by atoms with Gasteiger partial charge in [0.15, 0.2) is 0 Å². The van der Waals surface area contributed by atoms with Gasteiger partial charge in [-0.05, 0) is 43.3 Å². The van der Waals surface area contributed by atoms with E-state index in [9.17, 15) is 0 Å². The molecule has 0 aromatic heterocycles. The summed E-state index contributed by atoms with van der Waals surface area (Å²) in [5.74, 6) is 2.29. The van der Waals surface area contributed by atoms with Crippen LogP contribution in [-0.2, 0) is 9.47 Å². The second-order valence-corrected chi connectivity index (χ2v) is 4.47. The lowest BCUT2D eigenvalue weighted by Gasteiger charge is -2.28. The fraction of sp³-hybridized carbons (Fsp3) is 0.571. The monoisotopic (exact) mass is 220 g/mol. The summed E-state index contributed by atoms with van der Waals surface area (Å²) in [6, 6.07) is 0. The second-order valence-electron chi connectivity index (χ2n) is 4.47. The van der Waals surface area contributed by atoms with E-state index in [4.69, 9.17) is 9.47 Å². The molecular formula is C14H20O2. The van der Waals surface area contributed by atoms with E-state index in [1.54, 1.807) is 14.2 Å². The lowest BCUT2D eigenvalue weighted by Crippen LogP contribution is -2.20. The molecular weight excluding hydrogens is 200 g/mol. The standard InChI is InChI=1S/C14H20O2/c1-15-13-7-3-11(4-8-13)12-5-9-14(16-2)10-6-12/h3,5,7-9,11-12,14H,4,6,10H2,1-2H3. The van der Waals surface area contributed by atoms with Gasteiger partial charge in [0.05, 0.1) is 13.2 Å². The molecule has 3 unspecified atom stereocenters. The van der Waals surface area contributed by atoms with Crippen molar-refractivity contribution in [2.45, 2.75) is 25.4 Å². The van der Waals surface area contributed by atoms with Gasteiger partial charge in [-0.25, -0.2) is 0 Å². The van der Waals surface area contributed by atoms with Crippen molar-refractivity contribution >= 4 is 0 Å². The average molecular weight is 220 g/mol. The van der Waals surface area contributed by atoms with E-state index in [0.717, 1.165) is 18.6 Å². The zero-order valence-corrected chi connectivity index (χ0v) is 10.1. The van der Waals surface area contributed by atoms with Crippen molar-refractivity contribution in [1.29, 1.82) is 0 Å². The van der Waals surface area contributed by atoms with Crippen LogP contribution < -0.4 is 0 Å². The minimum Gasteiger partial charge on any atom is -0.497 e. The van der Waals surface area contributed by atoms with Crippen molar-refractivity contribution in [3.63, 3.8) is 0 Å². The van der Waals surface area contributed by atoms with Crippen molar-refractivity contribution in [1.82, 2.24) is 0 Å². The Morgan fingerprint density at radius 3 is 2.44 bits per heavy atom. The normalized spacial score (nSPS) is 33.6. The summed E-state index contributed by atoms with van der Waals surface area (Å²) < 4.78 is 10.5. The molecule has 0 aromatic carbocycles. The van der Waals surface area contributed by atoms with Gasteiger partial charge in [-0.3, -0.25) is 0 Å². The molecule has 0 bridgehead atoms. The van der Waals surface area contributed by atoms with Gasteiger partial charge in [0.25, 0.3) is 0 Å². The van der Waals surface area contributed by atoms with Gasteiger partial charge in [0, 0.05) is 7.11 Å². The highest BCUT2D eigenvalue weighted by atomic mass is 16.5. The van der Waals surface area contributed by atoms with Crippen molar-refractivity contribution in [3.05, 3.63) is 36.1 Å². The summed E-state index contributed by atoms with van der Waals surface area (Å²) in [6.07, 6.45) is 14.9. The molecule has 0 aromatic rings. The first-order valence-corrected chi connectivity index (χ1v) is 5.97. The van der Waals surface area contributed by atoms with Gasteiger partial charge in [0.1, 0.15) is 5.76 Å². The van der Waals surface area contributed by atoms with E-state index in [2.05, 4.69) is 30.4 Å². The van der Waals surface area contributed by atoms with Crippen LogP contribution in [0.3, 0.4) is 0 Å². The summed E-state index contributed by atoms with van der Waals surface area (Å²) in [6.45, 7) is 0. The Bertz CT molecular complexity index is 315. The second kappa shape index (κ2) is 5.35. The molecule has 0 heterocycles. The largest absolute Gasteiger partial charge is 0.497 e. The molecule has 0 aliphatic heterocycles. The molecule has 2 rings (SSSR count). The van der Waals surface area contributed by atoms with Crippen molar-refractivity contribution < 1.29 is 9.47 Å². The first-order chi connectivity index (χ1) is 7.83. The van der Waals surface area contributed by atoms with Gasteiger partial charge < -0.3 is 9.47 Å². The Kier molecular flexibility index (Phi) is 3.83. The molecule has 0 radical (unpaired) electrons. The maximum Gasteiger partial charge on any atom is 0.114 e. The fourth-order valence-corrected chi connectivity index (χ4v) is 2.46. The maximum absolute atomic E-state index is 5.32. The van der Waals surface area contributed by atoms with Crippen molar-refractivity contribution in [2.75, 3.05) is 14.2 Å². The number of rotatable bonds is 3. The van der Waals surface area contributed by atoms with Crippen LogP contribution in [-0.4, -0.2) is 20.3 Å². The van der Waals surface area contributed by atoms with E-state index < -0.39 is 0 Å². The topological polar surface area (TPSA) is 18.5 Å². The average Bonchev–Trinajstić information content (AvgIpc) is 2.39. The Labute approximate surface area is 97.6 Å². The Morgan fingerprint density at radius 1 is 1.06 bits per heavy atom. The third-order valence-electron chi connectivity index (χ3n) is 3.54. The molecule has 2 aliphatic rings. The van der Waals surface area contributed by atoms with Crippen LogP contribution in [0.5, 0.6) is 0 Å². The summed E-state index contributed by atoms with van der Waals surface area (Å²) in [4.78, 5) is 0. The van der Waals surface area contributed by atoms with E-state index >= 15 is 0 Å². The Morgan fingerprint density at radius 2 is 1.94 bits per heavy atom. The van der Waals surface area contributed by atoms with Crippen LogP contribution in [0.1, 0.15) is 19.3 Å². The lowest BCUT2D eigenvalue weighted by molar-refractivity contribution is 0.119. The van der Waals surface area contributed by atoms with Crippen LogP contribution in [0.15, 0.2) is 36.1 Å². The van der Waals surface area contributed by atoms with Crippen molar-refractivity contribution in [2.24, 2.45) is 11.8 Å². The summed E-state index contributed by atoms with van der Waals surface area (Å²) in [5, 5.41) is 0. The fourth-order valence-electron chi connectivity index (χ4n) is 2.46. The third-order valence-corrected chi connectivity index (χ3v) is 3.54. The van der Waals surface area contributed by atoms with Crippen LogP contribution >= 0.6 is 0 Å². The number of allylic oxidation sites excluding steroid dienone is 4. The number of hydrogen-bond donors (Lipinski definition) is 0. The van der Waals surface area contributed by atoms with E-state index in [1.807, 2.05) is 0 Å².